The highest BCUT2D eigenvalue weighted by atomic mass is 32.2. The fourth-order valence-electron chi connectivity index (χ4n) is 2.83. The summed E-state index contributed by atoms with van der Waals surface area (Å²) in [4.78, 5) is 12.1. The monoisotopic (exact) mass is 376 g/mol. The van der Waals surface area contributed by atoms with Crippen LogP contribution >= 0.6 is 0 Å². The Labute approximate surface area is 152 Å². The highest BCUT2D eigenvalue weighted by Crippen LogP contribution is 2.39. The number of carbonyl (C=O) groups excluding carboxylic acids is 1. The van der Waals surface area contributed by atoms with Crippen LogP contribution in [-0.4, -0.2) is 28.5 Å². The third-order valence-electron chi connectivity index (χ3n) is 4.43. The van der Waals surface area contributed by atoms with Gasteiger partial charge in [0.05, 0.1) is 30.2 Å². The molecule has 1 amide bonds. The standard InChI is InChI=1S/C18H20N2O5S/c1-18(2)13-10-12(6-7-14(13)19-17(18)21)26(22,23)20-11-5-8-15(24-3)16(9-11)25-4/h5-10,20H,1-4H3,(H,19,21). The van der Waals surface area contributed by atoms with Crippen molar-refractivity contribution >= 4 is 27.3 Å². The van der Waals surface area contributed by atoms with E-state index < -0.39 is 15.4 Å². The number of hydrogen-bond donors (Lipinski definition) is 2. The van der Waals surface area contributed by atoms with Crippen molar-refractivity contribution in [1.82, 2.24) is 0 Å². The number of rotatable bonds is 5. The number of fused-ring (bicyclic) bond motifs is 1. The number of sulfonamides is 1. The summed E-state index contributed by atoms with van der Waals surface area (Å²) >= 11 is 0. The number of carbonyl (C=O) groups is 1. The molecule has 0 fully saturated rings. The number of anilines is 2. The smallest absolute Gasteiger partial charge is 0.261 e. The molecule has 0 saturated carbocycles. The summed E-state index contributed by atoms with van der Waals surface area (Å²) in [6, 6.07) is 9.33. The molecule has 0 aliphatic carbocycles. The second-order valence-electron chi connectivity index (χ2n) is 6.46. The molecule has 1 aliphatic rings. The number of methoxy groups -OCH3 is 2. The van der Waals surface area contributed by atoms with Crippen LogP contribution in [0, 0.1) is 0 Å². The third kappa shape index (κ3) is 2.96. The zero-order valence-corrected chi connectivity index (χ0v) is 15.7. The first-order chi connectivity index (χ1) is 12.2. The van der Waals surface area contributed by atoms with Crippen LogP contribution in [0.4, 0.5) is 11.4 Å². The summed E-state index contributed by atoms with van der Waals surface area (Å²) in [5.74, 6) is 0.756. The van der Waals surface area contributed by atoms with Crippen molar-refractivity contribution in [2.75, 3.05) is 24.3 Å². The lowest BCUT2D eigenvalue weighted by molar-refractivity contribution is -0.119. The van der Waals surface area contributed by atoms with E-state index in [4.69, 9.17) is 9.47 Å². The molecule has 138 valence electrons. The Morgan fingerprint density at radius 1 is 1.00 bits per heavy atom. The van der Waals surface area contributed by atoms with Gasteiger partial charge in [-0.1, -0.05) is 0 Å². The first kappa shape index (κ1) is 18.1. The molecule has 0 saturated heterocycles. The molecule has 26 heavy (non-hydrogen) atoms. The van der Waals surface area contributed by atoms with E-state index >= 15 is 0 Å². The van der Waals surface area contributed by atoms with Gasteiger partial charge in [-0.05, 0) is 49.7 Å². The molecule has 0 spiro atoms. The molecule has 1 heterocycles. The molecule has 0 radical (unpaired) electrons. The summed E-state index contributed by atoms with van der Waals surface area (Å²) < 4.78 is 38.4. The van der Waals surface area contributed by atoms with Gasteiger partial charge in [-0.25, -0.2) is 8.42 Å². The first-order valence-electron chi connectivity index (χ1n) is 7.90. The number of nitrogens with one attached hydrogen (secondary N) is 2. The van der Waals surface area contributed by atoms with Crippen molar-refractivity contribution in [2.45, 2.75) is 24.2 Å². The fourth-order valence-corrected chi connectivity index (χ4v) is 3.91. The molecule has 0 bridgehead atoms. The lowest BCUT2D eigenvalue weighted by Crippen LogP contribution is -2.27. The SMILES string of the molecule is COc1ccc(NS(=O)(=O)c2ccc3c(c2)C(C)(C)C(=O)N3)cc1OC. The van der Waals surface area contributed by atoms with Crippen molar-refractivity contribution in [1.29, 1.82) is 0 Å². The average Bonchev–Trinajstić information content (AvgIpc) is 2.83. The highest BCUT2D eigenvalue weighted by molar-refractivity contribution is 7.92. The van der Waals surface area contributed by atoms with Crippen LogP contribution in [0.5, 0.6) is 11.5 Å². The van der Waals surface area contributed by atoms with Crippen LogP contribution < -0.4 is 19.5 Å². The molecule has 1 aliphatic heterocycles. The predicted octanol–water partition coefficient (Wildman–Crippen LogP) is 2.73. The van der Waals surface area contributed by atoms with Gasteiger partial charge in [0.1, 0.15) is 0 Å². The van der Waals surface area contributed by atoms with Crippen LogP contribution in [0.25, 0.3) is 0 Å². The summed E-state index contributed by atoms with van der Waals surface area (Å²) in [5, 5.41) is 2.76. The Hall–Kier alpha value is -2.74. The van der Waals surface area contributed by atoms with Gasteiger partial charge in [-0.15, -0.1) is 0 Å². The summed E-state index contributed by atoms with van der Waals surface area (Å²) in [5.41, 5.74) is 0.837. The van der Waals surface area contributed by atoms with Gasteiger partial charge < -0.3 is 14.8 Å². The second kappa shape index (κ2) is 6.21. The molecular weight excluding hydrogens is 356 g/mol. The van der Waals surface area contributed by atoms with E-state index in [0.717, 1.165) is 0 Å². The van der Waals surface area contributed by atoms with Crippen LogP contribution in [0.1, 0.15) is 19.4 Å². The van der Waals surface area contributed by atoms with Crippen LogP contribution in [0.15, 0.2) is 41.3 Å². The highest BCUT2D eigenvalue weighted by Gasteiger charge is 2.39. The van der Waals surface area contributed by atoms with E-state index in [9.17, 15) is 13.2 Å². The first-order valence-corrected chi connectivity index (χ1v) is 9.38. The van der Waals surface area contributed by atoms with Gasteiger partial charge in [0.25, 0.3) is 10.0 Å². The van der Waals surface area contributed by atoms with E-state index in [-0.39, 0.29) is 10.8 Å². The molecule has 0 atom stereocenters. The Morgan fingerprint density at radius 2 is 1.69 bits per heavy atom. The number of ether oxygens (including phenoxy) is 2. The molecular formula is C18H20N2O5S. The second-order valence-corrected chi connectivity index (χ2v) is 8.14. The largest absolute Gasteiger partial charge is 0.493 e. The van der Waals surface area contributed by atoms with Crippen molar-refractivity contribution < 1.29 is 22.7 Å². The van der Waals surface area contributed by atoms with Crippen molar-refractivity contribution in [3.8, 4) is 11.5 Å². The van der Waals surface area contributed by atoms with Crippen molar-refractivity contribution in [3.63, 3.8) is 0 Å². The molecule has 8 heteroatoms. The number of benzene rings is 2. The maximum absolute atomic E-state index is 12.8. The van der Waals surface area contributed by atoms with E-state index in [0.29, 0.717) is 28.4 Å². The van der Waals surface area contributed by atoms with Gasteiger partial charge in [-0.3, -0.25) is 9.52 Å². The maximum atomic E-state index is 12.8. The van der Waals surface area contributed by atoms with Crippen LogP contribution in [-0.2, 0) is 20.2 Å². The maximum Gasteiger partial charge on any atom is 0.261 e. The quantitative estimate of drug-likeness (QED) is 0.837. The number of amides is 1. The molecule has 2 aromatic carbocycles. The molecule has 2 N–H and O–H groups in total. The van der Waals surface area contributed by atoms with E-state index in [1.807, 2.05) is 0 Å². The van der Waals surface area contributed by atoms with Crippen molar-refractivity contribution in [2.24, 2.45) is 0 Å². The molecule has 0 unspecified atom stereocenters. The molecule has 7 nitrogen and oxygen atoms in total. The summed E-state index contributed by atoms with van der Waals surface area (Å²) in [6.45, 7) is 3.51. The van der Waals surface area contributed by atoms with Gasteiger partial charge >= 0.3 is 0 Å². The minimum absolute atomic E-state index is 0.0793. The Bertz CT molecular complexity index is 983. The summed E-state index contributed by atoms with van der Waals surface area (Å²) in [6.07, 6.45) is 0. The minimum Gasteiger partial charge on any atom is -0.493 e. The van der Waals surface area contributed by atoms with Gasteiger partial charge in [0, 0.05) is 11.8 Å². The lowest BCUT2D eigenvalue weighted by Gasteiger charge is -2.16. The molecule has 3 rings (SSSR count). The van der Waals surface area contributed by atoms with E-state index in [1.54, 1.807) is 38.1 Å². The lowest BCUT2D eigenvalue weighted by atomic mass is 9.86. The predicted molar refractivity (Wildman–Crippen MR) is 98.5 cm³/mol. The van der Waals surface area contributed by atoms with Crippen LogP contribution in [0.2, 0.25) is 0 Å². The van der Waals surface area contributed by atoms with Gasteiger partial charge in [0.15, 0.2) is 11.5 Å². The minimum atomic E-state index is -3.83. The summed E-state index contributed by atoms with van der Waals surface area (Å²) in [7, 11) is -0.854. The van der Waals surface area contributed by atoms with Crippen LogP contribution in [0.3, 0.4) is 0 Å². The molecule has 2 aromatic rings. The van der Waals surface area contributed by atoms with E-state index in [2.05, 4.69) is 10.0 Å². The van der Waals surface area contributed by atoms with Gasteiger partial charge in [-0.2, -0.15) is 0 Å². The van der Waals surface area contributed by atoms with Gasteiger partial charge in [0.2, 0.25) is 5.91 Å². The molecule has 0 aromatic heterocycles. The van der Waals surface area contributed by atoms with Crippen molar-refractivity contribution in [3.05, 3.63) is 42.0 Å². The fraction of sp³-hybridized carbons (Fsp3) is 0.278. The Morgan fingerprint density at radius 3 is 2.35 bits per heavy atom. The average molecular weight is 376 g/mol. The van der Waals surface area contributed by atoms with E-state index in [1.165, 1.54) is 26.4 Å². The topological polar surface area (TPSA) is 93.7 Å². The number of hydrogen-bond acceptors (Lipinski definition) is 5. The Kier molecular flexibility index (Phi) is 4.31. The zero-order chi connectivity index (χ0) is 19.1. The zero-order valence-electron chi connectivity index (χ0n) is 14.9. The third-order valence-corrected chi connectivity index (χ3v) is 5.81. The Balaban J connectivity index is 1.95. The normalized spacial score (nSPS) is 15.2.